The molecule has 0 saturated carbocycles. The van der Waals surface area contributed by atoms with Crippen LogP contribution in [0, 0.1) is 0 Å². The van der Waals surface area contributed by atoms with Crippen LogP contribution in [0.25, 0.3) is 0 Å². The molecular formula is C11H11NO5. The van der Waals surface area contributed by atoms with Crippen LogP contribution < -0.4 is 14.8 Å². The van der Waals surface area contributed by atoms with Crippen molar-refractivity contribution < 1.29 is 24.2 Å². The van der Waals surface area contributed by atoms with Crippen molar-refractivity contribution in [3.63, 3.8) is 0 Å². The van der Waals surface area contributed by atoms with Gasteiger partial charge in [0.15, 0.2) is 5.75 Å². The Hall–Kier alpha value is -2.24. The lowest BCUT2D eigenvalue weighted by Crippen LogP contribution is -2.06. The molecule has 1 aromatic rings. The molecule has 0 atom stereocenters. The fraction of sp³-hybridized carbons (Fsp3) is 0.273. The highest BCUT2D eigenvalue weighted by Gasteiger charge is 2.29. The van der Waals surface area contributed by atoms with Crippen molar-refractivity contribution >= 4 is 17.6 Å². The Bertz CT molecular complexity index is 509. The minimum Gasteiger partial charge on any atom is -0.496 e. The maximum absolute atomic E-state index is 11.3. The van der Waals surface area contributed by atoms with Crippen molar-refractivity contribution in [2.75, 3.05) is 19.5 Å². The maximum atomic E-state index is 11.3. The molecule has 0 unspecified atom stereocenters. The van der Waals surface area contributed by atoms with E-state index in [1.54, 1.807) is 0 Å². The standard InChI is InChI=1S/C11H11NO5/c1-16-7-3-6(11(14)15)10(17-2)9-5(7)4-8(13)12-9/h3H,4H2,1-2H3,(H,12,13)(H,14,15). The number of rotatable bonds is 3. The van der Waals surface area contributed by atoms with Gasteiger partial charge >= 0.3 is 5.97 Å². The summed E-state index contributed by atoms with van der Waals surface area (Å²) < 4.78 is 10.1. The highest BCUT2D eigenvalue weighted by atomic mass is 16.5. The number of carboxylic acid groups (broad SMARTS) is 1. The van der Waals surface area contributed by atoms with E-state index in [1.165, 1.54) is 20.3 Å². The van der Waals surface area contributed by atoms with Gasteiger partial charge in [-0.25, -0.2) is 4.79 Å². The van der Waals surface area contributed by atoms with Crippen molar-refractivity contribution in [3.8, 4) is 11.5 Å². The van der Waals surface area contributed by atoms with E-state index in [0.717, 1.165) is 0 Å². The van der Waals surface area contributed by atoms with Crippen LogP contribution in [0.2, 0.25) is 0 Å². The van der Waals surface area contributed by atoms with Crippen LogP contribution in [0.3, 0.4) is 0 Å². The zero-order chi connectivity index (χ0) is 12.6. The number of nitrogens with one attached hydrogen (secondary N) is 1. The zero-order valence-electron chi connectivity index (χ0n) is 9.36. The summed E-state index contributed by atoms with van der Waals surface area (Å²) in [5.41, 5.74) is 0.971. The quantitative estimate of drug-likeness (QED) is 0.815. The second kappa shape index (κ2) is 3.97. The molecule has 6 nitrogen and oxygen atoms in total. The first-order chi connectivity index (χ1) is 8.08. The van der Waals surface area contributed by atoms with Gasteiger partial charge in [-0.1, -0.05) is 0 Å². The van der Waals surface area contributed by atoms with E-state index in [9.17, 15) is 9.59 Å². The molecule has 0 fully saturated rings. The summed E-state index contributed by atoms with van der Waals surface area (Å²) in [6.45, 7) is 0. The van der Waals surface area contributed by atoms with Gasteiger partial charge < -0.3 is 19.9 Å². The molecule has 0 aliphatic carbocycles. The number of carbonyl (C=O) groups excluding carboxylic acids is 1. The second-order valence-corrected chi connectivity index (χ2v) is 3.54. The van der Waals surface area contributed by atoms with Gasteiger partial charge in [0.25, 0.3) is 0 Å². The fourth-order valence-corrected chi connectivity index (χ4v) is 1.88. The topological polar surface area (TPSA) is 84.9 Å². The lowest BCUT2D eigenvalue weighted by Gasteiger charge is -2.13. The van der Waals surface area contributed by atoms with Crippen molar-refractivity contribution in [3.05, 3.63) is 17.2 Å². The molecule has 90 valence electrons. The minimum absolute atomic E-state index is 0.0368. The first-order valence-electron chi connectivity index (χ1n) is 4.89. The molecule has 0 radical (unpaired) electrons. The number of carboxylic acids is 1. The van der Waals surface area contributed by atoms with E-state index in [1.807, 2.05) is 0 Å². The zero-order valence-corrected chi connectivity index (χ0v) is 9.36. The van der Waals surface area contributed by atoms with Gasteiger partial charge in [-0.15, -0.1) is 0 Å². The minimum atomic E-state index is -1.14. The van der Waals surface area contributed by atoms with Crippen LogP contribution in [0.1, 0.15) is 15.9 Å². The molecule has 0 aromatic heterocycles. The van der Waals surface area contributed by atoms with Gasteiger partial charge in [-0.3, -0.25) is 4.79 Å². The smallest absolute Gasteiger partial charge is 0.339 e. The molecule has 1 aliphatic rings. The third-order valence-electron chi connectivity index (χ3n) is 2.60. The van der Waals surface area contributed by atoms with Crippen LogP contribution in [-0.4, -0.2) is 31.2 Å². The predicted octanol–water partition coefficient (Wildman–Crippen LogP) is 0.897. The van der Waals surface area contributed by atoms with Crippen LogP contribution in [-0.2, 0) is 11.2 Å². The first kappa shape index (κ1) is 11.3. The summed E-state index contributed by atoms with van der Waals surface area (Å²) in [6.07, 6.45) is 0.161. The largest absolute Gasteiger partial charge is 0.496 e. The van der Waals surface area contributed by atoms with Crippen molar-refractivity contribution in [2.24, 2.45) is 0 Å². The molecule has 6 heteroatoms. The number of ether oxygens (including phenoxy) is 2. The number of methoxy groups -OCH3 is 2. The van der Waals surface area contributed by atoms with E-state index < -0.39 is 5.97 Å². The molecule has 1 amide bonds. The highest BCUT2D eigenvalue weighted by Crippen LogP contribution is 2.42. The predicted molar refractivity (Wildman–Crippen MR) is 58.8 cm³/mol. The number of carbonyl (C=O) groups is 2. The summed E-state index contributed by atoms with van der Waals surface area (Å²) in [6, 6.07) is 1.36. The third kappa shape index (κ3) is 1.67. The van der Waals surface area contributed by atoms with Crippen LogP contribution in [0.5, 0.6) is 11.5 Å². The molecule has 2 rings (SSSR count). The summed E-state index contributed by atoms with van der Waals surface area (Å²) in [7, 11) is 2.79. The molecule has 0 saturated heterocycles. The van der Waals surface area contributed by atoms with Gasteiger partial charge in [-0.2, -0.15) is 0 Å². The number of hydrogen-bond donors (Lipinski definition) is 2. The molecule has 1 heterocycles. The van der Waals surface area contributed by atoms with Gasteiger partial charge in [0.2, 0.25) is 5.91 Å². The van der Waals surface area contributed by atoms with E-state index in [-0.39, 0.29) is 23.6 Å². The molecule has 0 spiro atoms. The average Bonchev–Trinajstić information content (AvgIpc) is 2.67. The summed E-state index contributed by atoms with van der Waals surface area (Å²) in [5, 5.41) is 11.6. The molecule has 2 N–H and O–H groups in total. The van der Waals surface area contributed by atoms with Crippen molar-refractivity contribution in [1.82, 2.24) is 0 Å². The summed E-state index contributed by atoms with van der Waals surface area (Å²) in [5.74, 6) is -0.820. The normalized spacial score (nSPS) is 12.9. The number of hydrogen-bond acceptors (Lipinski definition) is 4. The van der Waals surface area contributed by atoms with Crippen LogP contribution in [0.4, 0.5) is 5.69 Å². The third-order valence-corrected chi connectivity index (χ3v) is 2.60. The van der Waals surface area contributed by atoms with Crippen LogP contribution in [0.15, 0.2) is 6.07 Å². The Morgan fingerprint density at radius 1 is 1.41 bits per heavy atom. The number of amides is 1. The molecular weight excluding hydrogens is 226 g/mol. The molecule has 1 aliphatic heterocycles. The first-order valence-corrected chi connectivity index (χ1v) is 4.89. The number of benzene rings is 1. The highest BCUT2D eigenvalue weighted by molar-refractivity contribution is 6.05. The van der Waals surface area contributed by atoms with E-state index in [4.69, 9.17) is 14.6 Å². The average molecular weight is 237 g/mol. The SMILES string of the molecule is COc1cc(C(=O)O)c(OC)c2c1CC(=O)N2. The second-order valence-electron chi connectivity index (χ2n) is 3.54. The lowest BCUT2D eigenvalue weighted by atomic mass is 10.1. The molecule has 17 heavy (non-hydrogen) atoms. The summed E-state index contributed by atoms with van der Waals surface area (Å²) in [4.78, 5) is 22.4. The Labute approximate surface area is 97.1 Å². The molecule has 0 bridgehead atoms. The number of fused-ring (bicyclic) bond motifs is 1. The number of aromatic carboxylic acids is 1. The van der Waals surface area contributed by atoms with E-state index in [2.05, 4.69) is 5.32 Å². The van der Waals surface area contributed by atoms with Crippen LogP contribution >= 0.6 is 0 Å². The monoisotopic (exact) mass is 237 g/mol. The fourth-order valence-electron chi connectivity index (χ4n) is 1.88. The Kier molecular flexibility index (Phi) is 2.63. The van der Waals surface area contributed by atoms with Gasteiger partial charge in [0.1, 0.15) is 11.3 Å². The Morgan fingerprint density at radius 3 is 2.65 bits per heavy atom. The van der Waals surface area contributed by atoms with Gasteiger partial charge in [0, 0.05) is 5.56 Å². The van der Waals surface area contributed by atoms with E-state index in [0.29, 0.717) is 17.0 Å². The van der Waals surface area contributed by atoms with Crippen molar-refractivity contribution in [1.29, 1.82) is 0 Å². The Balaban J connectivity index is 2.71. The number of anilines is 1. The summed E-state index contributed by atoms with van der Waals surface area (Å²) >= 11 is 0. The van der Waals surface area contributed by atoms with E-state index >= 15 is 0 Å². The molecule has 1 aromatic carbocycles. The van der Waals surface area contributed by atoms with Gasteiger partial charge in [-0.05, 0) is 6.07 Å². The lowest BCUT2D eigenvalue weighted by molar-refractivity contribution is -0.115. The maximum Gasteiger partial charge on any atom is 0.339 e. The van der Waals surface area contributed by atoms with Crippen molar-refractivity contribution in [2.45, 2.75) is 6.42 Å². The Morgan fingerprint density at radius 2 is 2.12 bits per heavy atom. The van der Waals surface area contributed by atoms with Gasteiger partial charge in [0.05, 0.1) is 26.3 Å².